The monoisotopic (exact) mass is 336 g/mol. The van der Waals surface area contributed by atoms with E-state index < -0.39 is 0 Å². The minimum atomic E-state index is 0.227. The first kappa shape index (κ1) is 14.6. The normalized spacial score (nSPS) is 12.3. The molecule has 2 aromatic carbocycles. The van der Waals surface area contributed by atoms with Crippen LogP contribution < -0.4 is 0 Å². The highest BCUT2D eigenvalue weighted by Crippen LogP contribution is 2.17. The topological polar surface area (TPSA) is 0 Å². The molecule has 0 saturated carbocycles. The zero-order valence-corrected chi connectivity index (χ0v) is 13.2. The Balaban J connectivity index is 1.73. The van der Waals surface area contributed by atoms with Gasteiger partial charge in [0, 0.05) is 9.85 Å². The summed E-state index contributed by atoms with van der Waals surface area (Å²) in [5, 5.41) is 0.227. The molecular formula is C17H18BrCl. The molecule has 0 bridgehead atoms. The first-order valence-corrected chi connectivity index (χ1v) is 7.89. The Morgan fingerprint density at radius 2 is 1.58 bits per heavy atom. The molecule has 0 radical (unpaired) electrons. The summed E-state index contributed by atoms with van der Waals surface area (Å²) in [5.41, 5.74) is 2.71. The van der Waals surface area contributed by atoms with Crippen LogP contribution in [0.25, 0.3) is 0 Å². The van der Waals surface area contributed by atoms with Gasteiger partial charge in [0.05, 0.1) is 0 Å². The summed E-state index contributed by atoms with van der Waals surface area (Å²) in [6.45, 7) is 0. The lowest BCUT2D eigenvalue weighted by Crippen LogP contribution is -2.04. The van der Waals surface area contributed by atoms with Crippen molar-refractivity contribution in [2.24, 2.45) is 0 Å². The highest BCUT2D eigenvalue weighted by atomic mass is 79.9. The maximum Gasteiger partial charge on any atom is 0.0376 e. The zero-order chi connectivity index (χ0) is 13.5. The van der Waals surface area contributed by atoms with E-state index in [0.29, 0.717) is 0 Å². The zero-order valence-electron chi connectivity index (χ0n) is 10.9. The van der Waals surface area contributed by atoms with Gasteiger partial charge in [-0.3, -0.25) is 0 Å². The van der Waals surface area contributed by atoms with Crippen molar-refractivity contribution < 1.29 is 0 Å². The molecule has 1 atom stereocenters. The third-order valence-corrected chi connectivity index (χ3v) is 4.10. The molecule has 0 nitrogen and oxygen atoms in total. The van der Waals surface area contributed by atoms with Gasteiger partial charge in [0.2, 0.25) is 0 Å². The van der Waals surface area contributed by atoms with E-state index in [9.17, 15) is 0 Å². The minimum Gasteiger partial charge on any atom is -0.123 e. The summed E-state index contributed by atoms with van der Waals surface area (Å²) in [6.07, 6.45) is 4.27. The van der Waals surface area contributed by atoms with Crippen LogP contribution in [0.2, 0.25) is 0 Å². The van der Waals surface area contributed by atoms with Crippen LogP contribution in [0.15, 0.2) is 59.1 Å². The lowest BCUT2D eigenvalue weighted by molar-refractivity contribution is 0.686. The predicted octanol–water partition coefficient (Wildman–Crippen LogP) is 5.62. The second kappa shape index (κ2) is 7.72. The average molecular weight is 338 g/mol. The maximum atomic E-state index is 6.41. The number of benzene rings is 2. The fourth-order valence-corrected chi connectivity index (χ4v) is 2.75. The number of hydrogen-bond donors (Lipinski definition) is 0. The molecule has 2 aromatic rings. The molecule has 0 amide bonds. The second-order valence-corrected chi connectivity index (χ2v) is 6.34. The van der Waals surface area contributed by atoms with Crippen LogP contribution >= 0.6 is 27.5 Å². The summed E-state index contributed by atoms with van der Waals surface area (Å²) in [7, 11) is 0. The van der Waals surface area contributed by atoms with Crippen molar-refractivity contribution in [1.82, 2.24) is 0 Å². The summed E-state index contributed by atoms with van der Waals surface area (Å²) >= 11 is 9.86. The number of rotatable bonds is 6. The van der Waals surface area contributed by atoms with Gasteiger partial charge in [-0.05, 0) is 48.9 Å². The van der Waals surface area contributed by atoms with Gasteiger partial charge in [0.15, 0.2) is 0 Å². The summed E-state index contributed by atoms with van der Waals surface area (Å²) < 4.78 is 1.12. The van der Waals surface area contributed by atoms with Crippen LogP contribution in [0, 0.1) is 0 Å². The van der Waals surface area contributed by atoms with Crippen LogP contribution in [-0.2, 0) is 12.8 Å². The Bertz CT molecular complexity index is 478. The number of alkyl halides is 1. The van der Waals surface area contributed by atoms with E-state index in [2.05, 4.69) is 70.5 Å². The number of hydrogen-bond acceptors (Lipinski definition) is 0. The smallest absolute Gasteiger partial charge is 0.0376 e. The number of aryl methyl sites for hydroxylation is 1. The van der Waals surface area contributed by atoms with Crippen molar-refractivity contribution in [2.75, 3.05) is 0 Å². The van der Waals surface area contributed by atoms with Crippen molar-refractivity contribution in [3.05, 3.63) is 70.2 Å². The maximum absolute atomic E-state index is 6.41. The van der Waals surface area contributed by atoms with E-state index in [1.54, 1.807) is 0 Å². The van der Waals surface area contributed by atoms with Crippen LogP contribution in [0.3, 0.4) is 0 Å². The first-order chi connectivity index (χ1) is 9.24. The van der Waals surface area contributed by atoms with E-state index in [-0.39, 0.29) is 5.38 Å². The van der Waals surface area contributed by atoms with E-state index in [4.69, 9.17) is 11.6 Å². The van der Waals surface area contributed by atoms with Gasteiger partial charge in [0.1, 0.15) is 0 Å². The largest absolute Gasteiger partial charge is 0.123 e. The predicted molar refractivity (Wildman–Crippen MR) is 86.9 cm³/mol. The molecule has 0 saturated heterocycles. The SMILES string of the molecule is ClC(CCCc1ccccc1)Cc1ccc(Br)cc1. The van der Waals surface area contributed by atoms with Crippen molar-refractivity contribution in [1.29, 1.82) is 0 Å². The van der Waals surface area contributed by atoms with Crippen LogP contribution in [-0.4, -0.2) is 5.38 Å². The second-order valence-electron chi connectivity index (χ2n) is 4.81. The van der Waals surface area contributed by atoms with Gasteiger partial charge in [-0.15, -0.1) is 11.6 Å². The summed E-state index contributed by atoms with van der Waals surface area (Å²) in [4.78, 5) is 0. The molecule has 0 N–H and O–H groups in total. The minimum absolute atomic E-state index is 0.227. The summed E-state index contributed by atoms with van der Waals surface area (Å²) in [6, 6.07) is 19.0. The van der Waals surface area contributed by atoms with Gasteiger partial charge in [0.25, 0.3) is 0 Å². The molecule has 0 aliphatic carbocycles. The molecule has 0 heterocycles. The molecule has 2 heteroatoms. The highest BCUT2D eigenvalue weighted by Gasteiger charge is 2.06. The van der Waals surface area contributed by atoms with Gasteiger partial charge in [-0.25, -0.2) is 0 Å². The van der Waals surface area contributed by atoms with Crippen LogP contribution in [0.5, 0.6) is 0 Å². The molecule has 19 heavy (non-hydrogen) atoms. The highest BCUT2D eigenvalue weighted by molar-refractivity contribution is 9.10. The Kier molecular flexibility index (Phi) is 5.93. The van der Waals surface area contributed by atoms with Crippen molar-refractivity contribution >= 4 is 27.5 Å². The van der Waals surface area contributed by atoms with E-state index in [1.165, 1.54) is 11.1 Å². The molecule has 0 aliphatic rings. The molecular weight excluding hydrogens is 320 g/mol. The van der Waals surface area contributed by atoms with Crippen molar-refractivity contribution in [3.8, 4) is 0 Å². The fourth-order valence-electron chi connectivity index (χ4n) is 2.15. The molecule has 0 aliphatic heterocycles. The molecule has 0 aromatic heterocycles. The Morgan fingerprint density at radius 3 is 2.26 bits per heavy atom. The fraction of sp³-hybridized carbons (Fsp3) is 0.294. The van der Waals surface area contributed by atoms with E-state index in [1.807, 2.05) is 0 Å². The molecule has 0 fully saturated rings. The van der Waals surface area contributed by atoms with Crippen LogP contribution in [0.1, 0.15) is 24.0 Å². The van der Waals surface area contributed by atoms with Crippen molar-refractivity contribution in [3.63, 3.8) is 0 Å². The molecule has 100 valence electrons. The number of halogens is 2. The summed E-state index contributed by atoms with van der Waals surface area (Å²) in [5.74, 6) is 0. The van der Waals surface area contributed by atoms with Gasteiger partial charge >= 0.3 is 0 Å². The van der Waals surface area contributed by atoms with Crippen molar-refractivity contribution in [2.45, 2.75) is 31.1 Å². The Morgan fingerprint density at radius 1 is 0.895 bits per heavy atom. The molecule has 2 rings (SSSR count). The molecule has 1 unspecified atom stereocenters. The quantitative estimate of drug-likeness (QED) is 0.600. The lowest BCUT2D eigenvalue weighted by Gasteiger charge is -2.09. The Labute approximate surface area is 128 Å². The van der Waals surface area contributed by atoms with E-state index >= 15 is 0 Å². The first-order valence-electron chi connectivity index (χ1n) is 6.66. The average Bonchev–Trinajstić information content (AvgIpc) is 2.43. The third-order valence-electron chi connectivity index (χ3n) is 3.20. The van der Waals surface area contributed by atoms with E-state index in [0.717, 1.165) is 30.2 Å². The van der Waals surface area contributed by atoms with Gasteiger partial charge < -0.3 is 0 Å². The molecule has 0 spiro atoms. The standard InChI is InChI=1S/C17H18BrCl/c18-16-11-9-15(10-12-16)13-17(19)8-4-7-14-5-2-1-3-6-14/h1-3,5-6,9-12,17H,4,7-8,13H2. The lowest BCUT2D eigenvalue weighted by atomic mass is 10.0. The third kappa shape index (κ3) is 5.38. The Hall–Kier alpha value is -0.790. The van der Waals surface area contributed by atoms with Gasteiger partial charge in [-0.1, -0.05) is 58.4 Å². The van der Waals surface area contributed by atoms with Crippen LogP contribution in [0.4, 0.5) is 0 Å². The van der Waals surface area contributed by atoms with Gasteiger partial charge in [-0.2, -0.15) is 0 Å².